The van der Waals surface area contributed by atoms with Crippen LogP contribution in [0.4, 0.5) is 10.6 Å². The lowest BCUT2D eigenvalue weighted by atomic mass is 10.3. The highest BCUT2D eigenvalue weighted by atomic mass is 16.4. The third-order valence-corrected chi connectivity index (χ3v) is 2.58. The first-order chi connectivity index (χ1) is 8.40. The standard InChI is InChI=1S/C11H18N4O3/c1-8-7-9(13-15(8)3)12-11(18)14(2)6-4-5-10(16)17/h7H,4-6H2,1-3H3,(H,16,17)(H,12,13,18). The van der Waals surface area contributed by atoms with Crippen LogP contribution in [0, 0.1) is 6.92 Å². The first kappa shape index (κ1) is 14.0. The monoisotopic (exact) mass is 254 g/mol. The van der Waals surface area contributed by atoms with Gasteiger partial charge in [-0.25, -0.2) is 4.79 Å². The molecule has 18 heavy (non-hydrogen) atoms. The normalized spacial score (nSPS) is 10.2. The lowest BCUT2D eigenvalue weighted by Crippen LogP contribution is -2.32. The number of nitrogens with one attached hydrogen (secondary N) is 1. The molecule has 0 radical (unpaired) electrons. The van der Waals surface area contributed by atoms with Crippen LogP contribution in [0.25, 0.3) is 0 Å². The molecule has 1 aromatic rings. The zero-order chi connectivity index (χ0) is 13.7. The van der Waals surface area contributed by atoms with Crippen LogP contribution in [0.2, 0.25) is 0 Å². The Kier molecular flexibility index (Phi) is 4.70. The molecule has 0 atom stereocenters. The van der Waals surface area contributed by atoms with Crippen molar-refractivity contribution in [2.75, 3.05) is 18.9 Å². The van der Waals surface area contributed by atoms with Gasteiger partial charge in [-0.1, -0.05) is 0 Å². The number of carboxylic acids is 1. The number of urea groups is 1. The lowest BCUT2D eigenvalue weighted by molar-refractivity contribution is -0.137. The van der Waals surface area contributed by atoms with Gasteiger partial charge in [-0.05, 0) is 13.3 Å². The van der Waals surface area contributed by atoms with E-state index < -0.39 is 5.97 Å². The second-order valence-electron chi connectivity index (χ2n) is 4.14. The van der Waals surface area contributed by atoms with Crippen molar-refractivity contribution < 1.29 is 14.7 Å². The van der Waals surface area contributed by atoms with Crippen LogP contribution in [-0.4, -0.2) is 45.4 Å². The summed E-state index contributed by atoms with van der Waals surface area (Å²) in [6, 6.07) is 1.47. The summed E-state index contributed by atoms with van der Waals surface area (Å²) in [6.07, 6.45) is 0.487. The molecule has 100 valence electrons. The molecule has 1 rings (SSSR count). The number of amides is 2. The average molecular weight is 254 g/mol. The number of aliphatic carboxylic acids is 1. The van der Waals surface area contributed by atoms with Gasteiger partial charge in [-0.2, -0.15) is 5.10 Å². The van der Waals surface area contributed by atoms with Crippen molar-refractivity contribution in [2.45, 2.75) is 19.8 Å². The zero-order valence-corrected chi connectivity index (χ0v) is 10.8. The smallest absolute Gasteiger partial charge is 0.322 e. The van der Waals surface area contributed by atoms with Gasteiger partial charge in [0, 0.05) is 38.8 Å². The Morgan fingerprint density at radius 2 is 2.22 bits per heavy atom. The fourth-order valence-electron chi connectivity index (χ4n) is 1.40. The summed E-state index contributed by atoms with van der Waals surface area (Å²) in [5.41, 5.74) is 0.943. The minimum Gasteiger partial charge on any atom is -0.481 e. The molecule has 7 nitrogen and oxygen atoms in total. The summed E-state index contributed by atoms with van der Waals surface area (Å²) >= 11 is 0. The highest BCUT2D eigenvalue weighted by Crippen LogP contribution is 2.07. The number of anilines is 1. The molecule has 0 unspecified atom stereocenters. The maximum atomic E-state index is 11.7. The molecule has 0 saturated heterocycles. The SMILES string of the molecule is Cc1cc(NC(=O)N(C)CCCC(=O)O)nn1C. The molecular formula is C11H18N4O3. The molecule has 7 heteroatoms. The van der Waals surface area contributed by atoms with Crippen LogP contribution in [0.15, 0.2) is 6.07 Å². The topological polar surface area (TPSA) is 87.5 Å². The molecule has 0 saturated carbocycles. The molecular weight excluding hydrogens is 236 g/mol. The molecule has 1 heterocycles. The first-order valence-corrected chi connectivity index (χ1v) is 5.64. The maximum Gasteiger partial charge on any atom is 0.322 e. The highest BCUT2D eigenvalue weighted by molar-refractivity contribution is 5.88. The van der Waals surface area contributed by atoms with Crippen LogP contribution in [-0.2, 0) is 11.8 Å². The Bertz CT molecular complexity index is 422. The molecule has 1 aromatic heterocycles. The van der Waals surface area contributed by atoms with E-state index in [0.29, 0.717) is 18.8 Å². The van der Waals surface area contributed by atoms with Gasteiger partial charge in [0.25, 0.3) is 0 Å². The second-order valence-corrected chi connectivity index (χ2v) is 4.14. The number of hydrogen-bond acceptors (Lipinski definition) is 3. The van der Waals surface area contributed by atoms with E-state index in [9.17, 15) is 9.59 Å². The lowest BCUT2D eigenvalue weighted by Gasteiger charge is -2.16. The Labute approximate surface area is 105 Å². The summed E-state index contributed by atoms with van der Waals surface area (Å²) in [4.78, 5) is 23.5. The molecule has 2 N–H and O–H groups in total. The fraction of sp³-hybridized carbons (Fsp3) is 0.545. The van der Waals surface area contributed by atoms with Gasteiger partial charge < -0.3 is 10.0 Å². The van der Waals surface area contributed by atoms with E-state index in [2.05, 4.69) is 10.4 Å². The predicted molar refractivity (Wildman–Crippen MR) is 66.5 cm³/mol. The molecule has 0 bridgehead atoms. The first-order valence-electron chi connectivity index (χ1n) is 5.64. The van der Waals surface area contributed by atoms with Crippen molar-refractivity contribution in [1.29, 1.82) is 0 Å². The molecule has 2 amide bonds. The summed E-state index contributed by atoms with van der Waals surface area (Å²) in [5.74, 6) is -0.366. The largest absolute Gasteiger partial charge is 0.481 e. The highest BCUT2D eigenvalue weighted by Gasteiger charge is 2.11. The van der Waals surface area contributed by atoms with Crippen LogP contribution >= 0.6 is 0 Å². The van der Waals surface area contributed by atoms with E-state index in [1.54, 1.807) is 24.8 Å². The maximum absolute atomic E-state index is 11.7. The van der Waals surface area contributed by atoms with Crippen LogP contribution < -0.4 is 5.32 Å². The number of rotatable bonds is 5. The molecule has 0 aliphatic rings. The number of nitrogens with zero attached hydrogens (tertiary/aromatic N) is 3. The van der Waals surface area contributed by atoms with Crippen molar-refractivity contribution in [3.63, 3.8) is 0 Å². The number of aryl methyl sites for hydroxylation is 2. The number of carboxylic acid groups (broad SMARTS) is 1. The van der Waals surface area contributed by atoms with Gasteiger partial charge in [0.1, 0.15) is 0 Å². The molecule has 0 fully saturated rings. The van der Waals surface area contributed by atoms with Crippen molar-refractivity contribution >= 4 is 17.8 Å². The average Bonchev–Trinajstić information content (AvgIpc) is 2.57. The summed E-state index contributed by atoms with van der Waals surface area (Å²) in [5, 5.41) is 15.3. The molecule has 0 aromatic carbocycles. The van der Waals surface area contributed by atoms with Gasteiger partial charge >= 0.3 is 12.0 Å². The Morgan fingerprint density at radius 3 is 2.72 bits per heavy atom. The number of carbonyl (C=O) groups is 2. The van der Waals surface area contributed by atoms with Crippen LogP contribution in [0.5, 0.6) is 0 Å². The Hall–Kier alpha value is -2.05. The Balaban J connectivity index is 2.42. The molecule has 0 aliphatic carbocycles. The van der Waals surface area contributed by atoms with Crippen molar-refractivity contribution in [3.05, 3.63) is 11.8 Å². The fourth-order valence-corrected chi connectivity index (χ4v) is 1.40. The minimum atomic E-state index is -0.857. The summed E-state index contributed by atoms with van der Waals surface area (Å²) in [6.45, 7) is 2.28. The van der Waals surface area contributed by atoms with Gasteiger partial charge in [0.15, 0.2) is 5.82 Å². The van der Waals surface area contributed by atoms with Gasteiger partial charge in [-0.3, -0.25) is 14.8 Å². The van der Waals surface area contributed by atoms with Crippen LogP contribution in [0.3, 0.4) is 0 Å². The quantitative estimate of drug-likeness (QED) is 0.822. The number of aromatic nitrogens is 2. The van der Waals surface area contributed by atoms with Crippen molar-refractivity contribution in [2.24, 2.45) is 7.05 Å². The number of carbonyl (C=O) groups excluding carboxylic acids is 1. The van der Waals surface area contributed by atoms with Gasteiger partial charge in [-0.15, -0.1) is 0 Å². The third kappa shape index (κ3) is 4.08. The van der Waals surface area contributed by atoms with E-state index in [4.69, 9.17) is 5.11 Å². The molecule has 0 spiro atoms. The second kappa shape index (κ2) is 6.04. The van der Waals surface area contributed by atoms with Gasteiger partial charge in [0.05, 0.1) is 0 Å². The molecule has 0 aliphatic heterocycles. The Morgan fingerprint density at radius 1 is 1.56 bits per heavy atom. The summed E-state index contributed by atoms with van der Waals surface area (Å²) < 4.78 is 1.67. The van der Waals surface area contributed by atoms with E-state index in [-0.39, 0.29) is 12.5 Å². The van der Waals surface area contributed by atoms with Crippen molar-refractivity contribution in [1.82, 2.24) is 14.7 Å². The van der Waals surface area contributed by atoms with E-state index >= 15 is 0 Å². The number of hydrogen-bond donors (Lipinski definition) is 2. The predicted octanol–water partition coefficient (Wildman–Crippen LogP) is 1.06. The van der Waals surface area contributed by atoms with E-state index in [1.165, 1.54) is 4.90 Å². The zero-order valence-electron chi connectivity index (χ0n) is 10.8. The van der Waals surface area contributed by atoms with Gasteiger partial charge in [0.2, 0.25) is 0 Å². The summed E-state index contributed by atoms with van der Waals surface area (Å²) in [7, 11) is 3.41. The van der Waals surface area contributed by atoms with Crippen LogP contribution in [0.1, 0.15) is 18.5 Å². The third-order valence-electron chi connectivity index (χ3n) is 2.58. The van der Waals surface area contributed by atoms with Crippen molar-refractivity contribution in [3.8, 4) is 0 Å². The van der Waals surface area contributed by atoms with E-state index in [0.717, 1.165) is 5.69 Å². The minimum absolute atomic E-state index is 0.0559. The van der Waals surface area contributed by atoms with E-state index in [1.807, 2.05) is 6.92 Å².